The van der Waals surface area contributed by atoms with Gasteiger partial charge in [-0.1, -0.05) is 0 Å². The summed E-state index contributed by atoms with van der Waals surface area (Å²) in [5, 5.41) is 12.4. The fourth-order valence-electron chi connectivity index (χ4n) is 2.43. The molecule has 1 fully saturated rings. The molecule has 2 aromatic rings. The zero-order valence-electron chi connectivity index (χ0n) is 12.6. The molecule has 8 heteroatoms. The number of rotatable bonds is 6. The molecule has 2 heterocycles. The highest BCUT2D eigenvalue weighted by Crippen LogP contribution is 2.29. The van der Waals surface area contributed by atoms with Crippen LogP contribution in [0.2, 0.25) is 0 Å². The Hall–Kier alpha value is -2.21. The molecule has 1 saturated heterocycles. The number of cyclic esters (lactones) is 1. The van der Waals surface area contributed by atoms with E-state index in [0.29, 0.717) is 26.2 Å². The van der Waals surface area contributed by atoms with Crippen LogP contribution in [-0.2, 0) is 16.0 Å². The minimum Gasteiger partial charge on any atom is -0.441 e. The summed E-state index contributed by atoms with van der Waals surface area (Å²) in [5.74, 6) is 0. The van der Waals surface area contributed by atoms with Gasteiger partial charge in [-0.25, -0.2) is 9.78 Å². The summed E-state index contributed by atoms with van der Waals surface area (Å²) in [5.41, 5.74) is 1.68. The second kappa shape index (κ2) is 6.91. The number of nitrogens with zero attached hydrogens (tertiary/aromatic N) is 3. The van der Waals surface area contributed by atoms with E-state index in [9.17, 15) is 4.79 Å². The standard InChI is InChI=1S/C15H16N4O3S/c1-21-9-11-8-19(15(20)22-11)10-2-3-12-13(6-10)23-14(18-12)7-17-5-4-16/h2-3,6,11,17H,5,7-9H2,1H3. The molecule has 1 N–H and O–H groups in total. The molecule has 1 aliphatic rings. The Morgan fingerprint density at radius 1 is 1.61 bits per heavy atom. The molecule has 1 aromatic carbocycles. The SMILES string of the molecule is COCC1CN(c2ccc3nc(CNCC#N)sc3c2)C(=O)O1. The van der Waals surface area contributed by atoms with Crippen molar-refractivity contribution in [2.24, 2.45) is 0 Å². The zero-order chi connectivity index (χ0) is 16.2. The Balaban J connectivity index is 1.77. The smallest absolute Gasteiger partial charge is 0.414 e. The molecule has 1 aromatic heterocycles. The Morgan fingerprint density at radius 2 is 2.48 bits per heavy atom. The number of ether oxygens (including phenoxy) is 2. The number of anilines is 1. The second-order valence-electron chi connectivity index (χ2n) is 5.09. The van der Waals surface area contributed by atoms with Gasteiger partial charge in [0.1, 0.15) is 11.1 Å². The van der Waals surface area contributed by atoms with Crippen molar-refractivity contribution in [2.75, 3.05) is 31.7 Å². The van der Waals surface area contributed by atoms with Crippen LogP contribution in [0.15, 0.2) is 18.2 Å². The van der Waals surface area contributed by atoms with Gasteiger partial charge in [0.15, 0.2) is 0 Å². The van der Waals surface area contributed by atoms with Crippen LogP contribution < -0.4 is 10.2 Å². The van der Waals surface area contributed by atoms with E-state index in [1.54, 1.807) is 23.3 Å². The average Bonchev–Trinajstić information content (AvgIpc) is 3.10. The minimum absolute atomic E-state index is 0.240. The van der Waals surface area contributed by atoms with Crippen molar-refractivity contribution in [2.45, 2.75) is 12.6 Å². The van der Waals surface area contributed by atoms with E-state index in [0.717, 1.165) is 20.9 Å². The number of carbonyl (C=O) groups is 1. The molecule has 1 amide bonds. The van der Waals surface area contributed by atoms with Crippen LogP contribution in [0, 0.1) is 11.3 Å². The molecular formula is C15H16N4O3S. The maximum Gasteiger partial charge on any atom is 0.414 e. The minimum atomic E-state index is -0.355. The molecule has 120 valence electrons. The van der Waals surface area contributed by atoms with Crippen molar-refractivity contribution in [3.05, 3.63) is 23.2 Å². The van der Waals surface area contributed by atoms with Crippen molar-refractivity contribution in [3.63, 3.8) is 0 Å². The third-order valence-corrected chi connectivity index (χ3v) is 4.45. The van der Waals surface area contributed by atoms with Crippen molar-refractivity contribution < 1.29 is 14.3 Å². The molecule has 0 saturated carbocycles. The van der Waals surface area contributed by atoms with Gasteiger partial charge in [-0.3, -0.25) is 10.2 Å². The van der Waals surface area contributed by atoms with Gasteiger partial charge < -0.3 is 9.47 Å². The fourth-order valence-corrected chi connectivity index (χ4v) is 3.40. The van der Waals surface area contributed by atoms with Gasteiger partial charge in [-0.2, -0.15) is 5.26 Å². The number of nitrogens with one attached hydrogen (secondary N) is 1. The Morgan fingerprint density at radius 3 is 3.26 bits per heavy atom. The summed E-state index contributed by atoms with van der Waals surface area (Å²) in [6.45, 7) is 1.72. The topological polar surface area (TPSA) is 87.5 Å². The number of nitriles is 1. The molecule has 1 aliphatic heterocycles. The van der Waals surface area contributed by atoms with Crippen molar-refractivity contribution in [3.8, 4) is 6.07 Å². The first kappa shape index (κ1) is 15.7. The number of methoxy groups -OCH3 is 1. The van der Waals surface area contributed by atoms with Crippen LogP contribution >= 0.6 is 11.3 Å². The maximum absolute atomic E-state index is 12.0. The number of carbonyl (C=O) groups excluding carboxylic acids is 1. The Kier molecular flexibility index (Phi) is 4.71. The molecule has 0 spiro atoms. The average molecular weight is 332 g/mol. The highest BCUT2D eigenvalue weighted by molar-refractivity contribution is 7.18. The summed E-state index contributed by atoms with van der Waals surface area (Å²) in [6, 6.07) is 7.74. The summed E-state index contributed by atoms with van der Waals surface area (Å²) < 4.78 is 11.3. The summed E-state index contributed by atoms with van der Waals surface area (Å²) in [4.78, 5) is 18.1. The number of hydrogen-bond donors (Lipinski definition) is 1. The molecule has 3 rings (SSSR count). The van der Waals surface area contributed by atoms with Crippen LogP contribution in [0.3, 0.4) is 0 Å². The predicted molar refractivity (Wildman–Crippen MR) is 86.4 cm³/mol. The lowest BCUT2D eigenvalue weighted by Gasteiger charge is -2.12. The van der Waals surface area contributed by atoms with E-state index < -0.39 is 0 Å². The molecule has 0 radical (unpaired) electrons. The zero-order valence-corrected chi connectivity index (χ0v) is 13.4. The molecule has 1 unspecified atom stereocenters. The van der Waals surface area contributed by atoms with Crippen molar-refractivity contribution in [1.29, 1.82) is 5.26 Å². The van der Waals surface area contributed by atoms with Gasteiger partial charge in [0, 0.05) is 19.3 Å². The number of amides is 1. The van der Waals surface area contributed by atoms with Crippen LogP contribution in [0.25, 0.3) is 10.2 Å². The lowest BCUT2D eigenvalue weighted by Crippen LogP contribution is -2.25. The van der Waals surface area contributed by atoms with E-state index in [1.165, 1.54) is 0 Å². The summed E-state index contributed by atoms with van der Waals surface area (Å²) >= 11 is 1.55. The lowest BCUT2D eigenvalue weighted by atomic mass is 10.2. The van der Waals surface area contributed by atoms with Crippen molar-refractivity contribution >= 4 is 33.3 Å². The van der Waals surface area contributed by atoms with Crippen LogP contribution in [0.1, 0.15) is 5.01 Å². The first-order valence-corrected chi connectivity index (χ1v) is 7.97. The normalized spacial score (nSPS) is 17.5. The maximum atomic E-state index is 12.0. The number of fused-ring (bicyclic) bond motifs is 1. The van der Waals surface area contributed by atoms with Gasteiger partial charge in [0.25, 0.3) is 0 Å². The first-order chi connectivity index (χ1) is 11.2. The third-order valence-electron chi connectivity index (χ3n) is 3.43. The van der Waals surface area contributed by atoms with E-state index in [2.05, 4.69) is 10.3 Å². The number of aromatic nitrogens is 1. The second-order valence-corrected chi connectivity index (χ2v) is 6.21. The molecule has 7 nitrogen and oxygen atoms in total. The Labute approximate surface area is 137 Å². The van der Waals surface area contributed by atoms with Gasteiger partial charge in [0.2, 0.25) is 0 Å². The predicted octanol–water partition coefficient (Wildman–Crippen LogP) is 1.88. The van der Waals surface area contributed by atoms with Gasteiger partial charge >= 0.3 is 6.09 Å². The van der Waals surface area contributed by atoms with Crippen molar-refractivity contribution in [1.82, 2.24) is 10.3 Å². The van der Waals surface area contributed by atoms with E-state index >= 15 is 0 Å². The van der Waals surface area contributed by atoms with E-state index in [1.807, 2.05) is 24.3 Å². The molecule has 1 atom stereocenters. The third kappa shape index (κ3) is 3.42. The summed E-state index contributed by atoms with van der Waals surface area (Å²) in [7, 11) is 1.59. The fraction of sp³-hybridized carbons (Fsp3) is 0.400. The highest BCUT2D eigenvalue weighted by Gasteiger charge is 2.32. The number of benzene rings is 1. The molecule has 0 aliphatic carbocycles. The number of thiazole rings is 1. The monoisotopic (exact) mass is 332 g/mol. The van der Waals surface area contributed by atoms with Gasteiger partial charge in [-0.05, 0) is 18.2 Å². The lowest BCUT2D eigenvalue weighted by molar-refractivity contribution is 0.0718. The molecule has 0 bridgehead atoms. The first-order valence-electron chi connectivity index (χ1n) is 7.15. The van der Waals surface area contributed by atoms with Gasteiger partial charge in [0.05, 0.1) is 36.0 Å². The van der Waals surface area contributed by atoms with E-state index in [4.69, 9.17) is 14.7 Å². The molecule has 23 heavy (non-hydrogen) atoms. The van der Waals surface area contributed by atoms with Crippen LogP contribution in [0.4, 0.5) is 10.5 Å². The Bertz CT molecular complexity index is 755. The van der Waals surface area contributed by atoms with Crippen LogP contribution in [0.5, 0.6) is 0 Å². The van der Waals surface area contributed by atoms with Crippen LogP contribution in [-0.4, -0.2) is 44.0 Å². The van der Waals surface area contributed by atoms with E-state index in [-0.39, 0.29) is 12.2 Å². The number of hydrogen-bond acceptors (Lipinski definition) is 7. The largest absolute Gasteiger partial charge is 0.441 e. The summed E-state index contributed by atoms with van der Waals surface area (Å²) in [6.07, 6.45) is -0.595. The highest BCUT2D eigenvalue weighted by atomic mass is 32.1. The molecular weight excluding hydrogens is 316 g/mol. The quantitative estimate of drug-likeness (QED) is 0.642. The van der Waals surface area contributed by atoms with Gasteiger partial charge in [-0.15, -0.1) is 11.3 Å².